The molecule has 104 valence electrons. The van der Waals surface area contributed by atoms with Gasteiger partial charge in [-0.15, -0.1) is 0 Å². The first-order valence-electron chi connectivity index (χ1n) is 7.14. The zero-order chi connectivity index (χ0) is 13.9. The van der Waals surface area contributed by atoms with Gasteiger partial charge in [0.1, 0.15) is 5.82 Å². The van der Waals surface area contributed by atoms with Crippen molar-refractivity contribution >= 4 is 0 Å². The average molecular weight is 259 g/mol. The lowest BCUT2D eigenvalue weighted by molar-refractivity contribution is 0.195. The molecule has 1 aromatic rings. The normalized spacial score (nSPS) is 19.6. The van der Waals surface area contributed by atoms with Crippen LogP contribution in [-0.2, 0) is 6.54 Å². The van der Waals surface area contributed by atoms with Gasteiger partial charge in [-0.1, -0.05) is 39.8 Å². The van der Waals surface area contributed by atoms with Crippen molar-refractivity contribution in [2.24, 2.45) is 5.41 Å². The van der Waals surface area contributed by atoms with Crippen LogP contribution in [0.25, 0.3) is 0 Å². The molecule has 1 aliphatic heterocycles. The average Bonchev–Trinajstić information content (AvgIpc) is 2.50. The SMILES string of the molecule is CC(C)c1ncc(CN2CC=CCC(C)(C)C2)cn1. The quantitative estimate of drug-likeness (QED) is 0.779. The molecule has 0 amide bonds. The topological polar surface area (TPSA) is 29.0 Å². The third-order valence-electron chi connectivity index (χ3n) is 3.50. The molecular weight excluding hydrogens is 234 g/mol. The second kappa shape index (κ2) is 5.83. The van der Waals surface area contributed by atoms with Gasteiger partial charge in [-0.3, -0.25) is 4.90 Å². The van der Waals surface area contributed by atoms with Crippen LogP contribution in [0, 0.1) is 5.41 Å². The summed E-state index contributed by atoms with van der Waals surface area (Å²) in [5, 5.41) is 0. The summed E-state index contributed by atoms with van der Waals surface area (Å²) in [7, 11) is 0. The summed E-state index contributed by atoms with van der Waals surface area (Å²) < 4.78 is 0. The molecule has 0 atom stereocenters. The van der Waals surface area contributed by atoms with Crippen LogP contribution < -0.4 is 0 Å². The van der Waals surface area contributed by atoms with Gasteiger partial charge in [-0.05, 0) is 11.8 Å². The van der Waals surface area contributed by atoms with E-state index in [1.165, 1.54) is 5.56 Å². The number of allylic oxidation sites excluding steroid dienone is 1. The van der Waals surface area contributed by atoms with E-state index < -0.39 is 0 Å². The number of aromatic nitrogens is 2. The van der Waals surface area contributed by atoms with E-state index in [4.69, 9.17) is 0 Å². The zero-order valence-electron chi connectivity index (χ0n) is 12.6. The number of nitrogens with zero attached hydrogens (tertiary/aromatic N) is 3. The summed E-state index contributed by atoms with van der Waals surface area (Å²) >= 11 is 0. The molecule has 1 aliphatic rings. The van der Waals surface area contributed by atoms with Crippen LogP contribution in [0.15, 0.2) is 24.5 Å². The predicted octanol–water partition coefficient (Wildman–Crippen LogP) is 3.39. The molecular formula is C16H25N3. The summed E-state index contributed by atoms with van der Waals surface area (Å²) in [6, 6.07) is 0. The van der Waals surface area contributed by atoms with Crippen molar-refractivity contribution in [1.29, 1.82) is 0 Å². The summed E-state index contributed by atoms with van der Waals surface area (Å²) in [5.41, 5.74) is 1.56. The fourth-order valence-electron chi connectivity index (χ4n) is 2.48. The molecule has 19 heavy (non-hydrogen) atoms. The standard InChI is InChI=1S/C16H25N3/c1-13(2)15-17-9-14(10-18-15)11-19-8-6-5-7-16(3,4)12-19/h5-6,9-10,13H,7-8,11-12H2,1-4H3. The second-order valence-electron chi connectivity index (χ2n) is 6.61. The van der Waals surface area contributed by atoms with Gasteiger partial charge < -0.3 is 0 Å². The molecule has 0 radical (unpaired) electrons. The largest absolute Gasteiger partial charge is 0.295 e. The molecule has 3 nitrogen and oxygen atoms in total. The van der Waals surface area contributed by atoms with Gasteiger partial charge in [-0.25, -0.2) is 9.97 Å². The smallest absolute Gasteiger partial charge is 0.130 e. The molecule has 0 aromatic carbocycles. The lowest BCUT2D eigenvalue weighted by Gasteiger charge is -2.29. The number of hydrogen-bond acceptors (Lipinski definition) is 3. The molecule has 2 rings (SSSR count). The molecule has 2 heterocycles. The van der Waals surface area contributed by atoms with Gasteiger partial charge in [0.05, 0.1) is 0 Å². The van der Waals surface area contributed by atoms with E-state index in [2.05, 4.69) is 54.7 Å². The third kappa shape index (κ3) is 4.13. The van der Waals surface area contributed by atoms with Gasteiger partial charge in [0, 0.05) is 43.5 Å². The van der Waals surface area contributed by atoms with Crippen LogP contribution in [-0.4, -0.2) is 28.0 Å². The highest BCUT2D eigenvalue weighted by atomic mass is 15.1. The molecule has 0 unspecified atom stereocenters. The molecule has 0 aliphatic carbocycles. The molecule has 0 saturated carbocycles. The Hall–Kier alpha value is -1.22. The van der Waals surface area contributed by atoms with Gasteiger partial charge in [-0.2, -0.15) is 0 Å². The number of hydrogen-bond donors (Lipinski definition) is 0. The Kier molecular flexibility index (Phi) is 4.35. The van der Waals surface area contributed by atoms with Crippen LogP contribution in [0.1, 0.15) is 51.4 Å². The lowest BCUT2D eigenvalue weighted by atomic mass is 9.89. The van der Waals surface area contributed by atoms with Crippen LogP contribution in [0.5, 0.6) is 0 Å². The Bertz CT molecular complexity index is 432. The van der Waals surface area contributed by atoms with E-state index in [0.29, 0.717) is 11.3 Å². The van der Waals surface area contributed by atoms with Gasteiger partial charge in [0.15, 0.2) is 0 Å². The molecule has 0 bridgehead atoms. The van der Waals surface area contributed by atoms with Gasteiger partial charge >= 0.3 is 0 Å². The van der Waals surface area contributed by atoms with Crippen molar-refractivity contribution < 1.29 is 0 Å². The van der Waals surface area contributed by atoms with Crippen molar-refractivity contribution in [3.05, 3.63) is 35.9 Å². The molecule has 0 fully saturated rings. The van der Waals surface area contributed by atoms with Crippen molar-refractivity contribution in [3.8, 4) is 0 Å². The molecule has 0 saturated heterocycles. The van der Waals surface area contributed by atoms with Crippen LogP contribution in [0.4, 0.5) is 0 Å². The Morgan fingerprint density at radius 2 is 1.89 bits per heavy atom. The van der Waals surface area contributed by atoms with Crippen molar-refractivity contribution in [1.82, 2.24) is 14.9 Å². The highest BCUT2D eigenvalue weighted by Gasteiger charge is 2.22. The number of rotatable bonds is 3. The maximum atomic E-state index is 4.45. The Morgan fingerprint density at radius 3 is 2.53 bits per heavy atom. The highest BCUT2D eigenvalue weighted by Crippen LogP contribution is 2.25. The van der Waals surface area contributed by atoms with Crippen molar-refractivity contribution in [3.63, 3.8) is 0 Å². The molecule has 0 N–H and O–H groups in total. The fourth-order valence-corrected chi connectivity index (χ4v) is 2.48. The monoisotopic (exact) mass is 259 g/mol. The zero-order valence-corrected chi connectivity index (χ0v) is 12.6. The summed E-state index contributed by atoms with van der Waals surface area (Å²) in [6.07, 6.45) is 9.69. The Labute approximate surface area is 116 Å². The first-order chi connectivity index (χ1) is 8.96. The van der Waals surface area contributed by atoms with E-state index >= 15 is 0 Å². The van der Waals surface area contributed by atoms with E-state index in [1.807, 2.05) is 12.4 Å². The minimum atomic E-state index is 0.353. The lowest BCUT2D eigenvalue weighted by Crippen LogP contribution is -2.32. The minimum Gasteiger partial charge on any atom is -0.295 e. The Morgan fingerprint density at radius 1 is 1.21 bits per heavy atom. The first kappa shape index (κ1) is 14.2. The molecule has 3 heteroatoms. The van der Waals surface area contributed by atoms with E-state index in [9.17, 15) is 0 Å². The van der Waals surface area contributed by atoms with E-state index in [-0.39, 0.29) is 0 Å². The van der Waals surface area contributed by atoms with E-state index in [1.54, 1.807) is 0 Å². The molecule has 1 aromatic heterocycles. The van der Waals surface area contributed by atoms with Crippen LogP contribution >= 0.6 is 0 Å². The minimum absolute atomic E-state index is 0.353. The third-order valence-corrected chi connectivity index (χ3v) is 3.50. The van der Waals surface area contributed by atoms with Gasteiger partial charge in [0.25, 0.3) is 0 Å². The van der Waals surface area contributed by atoms with Crippen LogP contribution in [0.3, 0.4) is 0 Å². The summed E-state index contributed by atoms with van der Waals surface area (Å²) in [4.78, 5) is 11.4. The first-order valence-corrected chi connectivity index (χ1v) is 7.14. The van der Waals surface area contributed by atoms with Crippen LogP contribution in [0.2, 0.25) is 0 Å². The second-order valence-corrected chi connectivity index (χ2v) is 6.61. The predicted molar refractivity (Wildman–Crippen MR) is 78.9 cm³/mol. The maximum absolute atomic E-state index is 4.45. The fraction of sp³-hybridized carbons (Fsp3) is 0.625. The highest BCUT2D eigenvalue weighted by molar-refractivity contribution is 5.08. The summed E-state index contributed by atoms with van der Waals surface area (Å²) in [5.74, 6) is 1.33. The van der Waals surface area contributed by atoms with E-state index in [0.717, 1.165) is 31.9 Å². The summed E-state index contributed by atoms with van der Waals surface area (Å²) in [6.45, 7) is 12.0. The van der Waals surface area contributed by atoms with Crippen molar-refractivity contribution in [2.45, 2.75) is 46.6 Å². The van der Waals surface area contributed by atoms with Gasteiger partial charge in [0.2, 0.25) is 0 Å². The maximum Gasteiger partial charge on any atom is 0.130 e. The Balaban J connectivity index is 2.02. The van der Waals surface area contributed by atoms with Crippen molar-refractivity contribution in [2.75, 3.05) is 13.1 Å². The molecule has 0 spiro atoms.